The largest absolute Gasteiger partial charge is 0.244 e. The first-order chi connectivity index (χ1) is 23.8. The smallest absolute Gasteiger partial charge is 0.182 e. The number of pyridine rings is 1. The van der Waals surface area contributed by atoms with E-state index in [-0.39, 0.29) is 0 Å². The number of nitrogens with zero attached hydrogens (tertiary/aromatic N) is 4. The van der Waals surface area contributed by atoms with Crippen LogP contribution in [-0.2, 0) is 0 Å². The van der Waals surface area contributed by atoms with Gasteiger partial charge in [-0.05, 0) is 62.7 Å². The van der Waals surface area contributed by atoms with E-state index in [2.05, 4.69) is 152 Å². The van der Waals surface area contributed by atoms with Gasteiger partial charge in [0.15, 0.2) is 17.5 Å². The summed E-state index contributed by atoms with van der Waals surface area (Å²) in [7, 11) is 0. The number of hydrogen-bond donors (Lipinski definition) is 0. The molecule has 0 fully saturated rings. The Morgan fingerprint density at radius 2 is 0.646 bits per heavy atom. The van der Waals surface area contributed by atoms with Crippen LogP contribution < -0.4 is 0 Å². The Kier molecular flexibility index (Phi) is 6.76. The van der Waals surface area contributed by atoms with Gasteiger partial charge in [0.25, 0.3) is 0 Å². The summed E-state index contributed by atoms with van der Waals surface area (Å²) in [5.74, 6) is 1.73. The highest BCUT2D eigenvalue weighted by atomic mass is 15.0. The molecule has 0 N–H and O–H groups in total. The number of hydrogen-bond acceptors (Lipinski definition) is 4. The summed E-state index contributed by atoms with van der Waals surface area (Å²) in [5.41, 5.74) is 7.94. The maximum absolute atomic E-state index is 5.27. The molecule has 2 aromatic heterocycles. The van der Waals surface area contributed by atoms with Crippen molar-refractivity contribution in [2.75, 3.05) is 0 Å². The Hall–Kier alpha value is -6.52. The Morgan fingerprint density at radius 1 is 0.250 bits per heavy atom. The van der Waals surface area contributed by atoms with Crippen molar-refractivity contribution >= 4 is 32.4 Å². The van der Waals surface area contributed by atoms with Gasteiger partial charge in [-0.2, -0.15) is 0 Å². The number of rotatable bonds is 5. The Morgan fingerprint density at radius 3 is 1.19 bits per heavy atom. The van der Waals surface area contributed by atoms with Gasteiger partial charge in [-0.25, -0.2) is 19.9 Å². The van der Waals surface area contributed by atoms with Crippen LogP contribution in [0, 0.1) is 0 Å². The fourth-order valence-corrected chi connectivity index (χ4v) is 6.57. The van der Waals surface area contributed by atoms with Gasteiger partial charge in [-0.1, -0.05) is 146 Å². The summed E-state index contributed by atoms with van der Waals surface area (Å²) in [6.07, 6.45) is 0. The van der Waals surface area contributed by atoms with Crippen molar-refractivity contribution in [1.29, 1.82) is 0 Å². The zero-order valence-corrected chi connectivity index (χ0v) is 26.0. The van der Waals surface area contributed by atoms with Crippen LogP contribution in [0.1, 0.15) is 0 Å². The molecule has 9 aromatic rings. The molecular weight excluding hydrogens is 585 g/mol. The highest BCUT2D eigenvalue weighted by molar-refractivity contribution is 6.24. The van der Waals surface area contributed by atoms with Gasteiger partial charge < -0.3 is 0 Å². The minimum absolute atomic E-state index is 0.532. The minimum Gasteiger partial charge on any atom is -0.244 e. The maximum Gasteiger partial charge on any atom is 0.182 e. The molecule has 224 valence electrons. The van der Waals surface area contributed by atoms with E-state index < -0.39 is 0 Å². The fraction of sp³-hybridized carbons (Fsp3) is 0. The molecule has 0 amide bonds. The van der Waals surface area contributed by atoms with E-state index in [4.69, 9.17) is 19.9 Å². The highest BCUT2D eigenvalue weighted by Gasteiger charge is 2.16. The molecule has 4 nitrogen and oxygen atoms in total. The zero-order chi connectivity index (χ0) is 31.9. The van der Waals surface area contributed by atoms with Crippen LogP contribution in [0.5, 0.6) is 0 Å². The predicted octanol–water partition coefficient (Wildman–Crippen LogP) is 11.1. The molecule has 0 aliphatic heterocycles. The van der Waals surface area contributed by atoms with Gasteiger partial charge in [0.2, 0.25) is 0 Å². The van der Waals surface area contributed by atoms with Crippen LogP contribution in [-0.4, -0.2) is 19.9 Å². The molecule has 0 radical (unpaired) electrons. The Bertz CT molecular complexity index is 2480. The average molecular weight is 613 g/mol. The van der Waals surface area contributed by atoms with Crippen LogP contribution >= 0.6 is 0 Å². The predicted molar refractivity (Wildman–Crippen MR) is 197 cm³/mol. The summed E-state index contributed by atoms with van der Waals surface area (Å²) in [6.45, 7) is 0. The topological polar surface area (TPSA) is 51.6 Å². The molecular formula is C44H28N4. The summed E-state index contributed by atoms with van der Waals surface area (Å²) < 4.78 is 0. The first kappa shape index (κ1) is 27.8. The lowest BCUT2D eigenvalue weighted by atomic mass is 9.97. The van der Waals surface area contributed by atoms with Crippen molar-refractivity contribution in [3.05, 3.63) is 170 Å². The van der Waals surface area contributed by atoms with Crippen molar-refractivity contribution in [2.24, 2.45) is 0 Å². The quantitative estimate of drug-likeness (QED) is 0.181. The van der Waals surface area contributed by atoms with E-state index in [1.165, 1.54) is 16.2 Å². The molecule has 9 rings (SSSR count). The molecule has 7 aromatic carbocycles. The van der Waals surface area contributed by atoms with Gasteiger partial charge in [0, 0.05) is 21.9 Å². The summed E-state index contributed by atoms with van der Waals surface area (Å²) in [5, 5.41) is 5.79. The minimum atomic E-state index is 0.532. The first-order valence-electron chi connectivity index (χ1n) is 16.1. The normalized spacial score (nSPS) is 11.3. The number of benzene rings is 7. The van der Waals surface area contributed by atoms with E-state index in [0.29, 0.717) is 23.2 Å². The third-order valence-corrected chi connectivity index (χ3v) is 8.91. The molecule has 0 spiro atoms. The van der Waals surface area contributed by atoms with E-state index in [0.717, 1.165) is 49.7 Å². The van der Waals surface area contributed by atoms with E-state index in [9.17, 15) is 0 Å². The second kappa shape index (κ2) is 11.7. The standard InChI is InChI=1S/C44H28N4/c1-3-13-29(14-4-1)31-17-11-19-33(27-31)42-46-43(34-20-12-18-32(28-34)30-15-5-2-6-16-30)48-44(47-42)40-26-25-39-37-23-8-7-21-35(37)36-22-9-10-24-38(36)41(39)45-40/h1-28H. The molecule has 0 saturated carbocycles. The van der Waals surface area contributed by atoms with Gasteiger partial charge in [0.1, 0.15) is 5.69 Å². The summed E-state index contributed by atoms with van der Waals surface area (Å²) >= 11 is 0. The van der Waals surface area contributed by atoms with Crippen molar-refractivity contribution in [1.82, 2.24) is 19.9 Å². The van der Waals surface area contributed by atoms with Crippen molar-refractivity contribution in [3.63, 3.8) is 0 Å². The molecule has 2 heterocycles. The van der Waals surface area contributed by atoms with Crippen LogP contribution in [0.25, 0.3) is 89.0 Å². The van der Waals surface area contributed by atoms with Crippen molar-refractivity contribution < 1.29 is 0 Å². The molecule has 4 heteroatoms. The monoisotopic (exact) mass is 612 g/mol. The molecule has 0 unspecified atom stereocenters. The van der Waals surface area contributed by atoms with Gasteiger partial charge >= 0.3 is 0 Å². The fourth-order valence-electron chi connectivity index (χ4n) is 6.57. The number of aromatic nitrogens is 4. The Labute approximate surface area is 278 Å². The van der Waals surface area contributed by atoms with Crippen LogP contribution in [0.3, 0.4) is 0 Å². The maximum atomic E-state index is 5.27. The molecule has 0 atom stereocenters. The summed E-state index contributed by atoms with van der Waals surface area (Å²) in [6, 6.07) is 58.7. The van der Waals surface area contributed by atoms with Crippen molar-refractivity contribution in [2.45, 2.75) is 0 Å². The van der Waals surface area contributed by atoms with Gasteiger partial charge in [-0.15, -0.1) is 0 Å². The Balaban J connectivity index is 1.26. The lowest BCUT2D eigenvalue weighted by molar-refractivity contribution is 1.06. The van der Waals surface area contributed by atoms with Gasteiger partial charge in [-0.3, -0.25) is 0 Å². The number of fused-ring (bicyclic) bond motifs is 6. The van der Waals surface area contributed by atoms with E-state index in [1.54, 1.807) is 0 Å². The van der Waals surface area contributed by atoms with Crippen molar-refractivity contribution in [3.8, 4) is 56.5 Å². The van der Waals surface area contributed by atoms with Crippen LogP contribution in [0.15, 0.2) is 170 Å². The van der Waals surface area contributed by atoms with Crippen LogP contribution in [0.4, 0.5) is 0 Å². The second-order valence-corrected chi connectivity index (χ2v) is 11.9. The molecule has 0 aliphatic rings. The molecule has 0 aliphatic carbocycles. The first-order valence-corrected chi connectivity index (χ1v) is 16.1. The molecule has 0 bridgehead atoms. The second-order valence-electron chi connectivity index (χ2n) is 11.9. The lowest BCUT2D eigenvalue weighted by Gasteiger charge is -2.12. The SMILES string of the molecule is c1ccc(-c2cccc(-c3nc(-c4cccc(-c5ccccc5)c4)nc(-c4ccc5c6ccccc6c6ccccc6c5n4)n3)c2)cc1. The zero-order valence-electron chi connectivity index (χ0n) is 26.0. The third-order valence-electron chi connectivity index (χ3n) is 8.91. The lowest BCUT2D eigenvalue weighted by Crippen LogP contribution is -2.01. The third kappa shape index (κ3) is 4.97. The highest BCUT2D eigenvalue weighted by Crippen LogP contribution is 2.36. The van der Waals surface area contributed by atoms with Gasteiger partial charge in [0.05, 0.1) is 5.52 Å². The average Bonchev–Trinajstić information content (AvgIpc) is 3.18. The summed E-state index contributed by atoms with van der Waals surface area (Å²) in [4.78, 5) is 20.5. The molecule has 0 saturated heterocycles. The van der Waals surface area contributed by atoms with E-state index in [1.807, 2.05) is 18.2 Å². The van der Waals surface area contributed by atoms with Crippen LogP contribution in [0.2, 0.25) is 0 Å². The van der Waals surface area contributed by atoms with E-state index >= 15 is 0 Å². The molecule has 48 heavy (non-hydrogen) atoms.